The summed E-state index contributed by atoms with van der Waals surface area (Å²) in [6, 6.07) is 20.0. The van der Waals surface area contributed by atoms with Crippen molar-refractivity contribution < 1.29 is 22.7 Å². The first-order chi connectivity index (χ1) is 19.1. The van der Waals surface area contributed by atoms with Crippen molar-refractivity contribution in [3.8, 4) is 5.75 Å². The molecule has 214 valence electrons. The van der Waals surface area contributed by atoms with E-state index in [-0.39, 0.29) is 17.3 Å². The Kier molecular flexibility index (Phi) is 10.7. The number of carbonyl (C=O) groups excluding carboxylic acids is 2. The third-order valence-electron chi connectivity index (χ3n) is 6.66. The summed E-state index contributed by atoms with van der Waals surface area (Å²) in [6.07, 6.45) is 1.14. The Labute approximate surface area is 238 Å². The van der Waals surface area contributed by atoms with Crippen LogP contribution in [0.5, 0.6) is 5.75 Å². The number of carbonyl (C=O) groups is 2. The van der Waals surface area contributed by atoms with Crippen molar-refractivity contribution in [2.45, 2.75) is 58.0 Å². The number of sulfonamides is 1. The third kappa shape index (κ3) is 7.63. The predicted octanol–water partition coefficient (Wildman–Crippen LogP) is 4.84. The first-order valence-corrected chi connectivity index (χ1v) is 14.9. The quantitative estimate of drug-likeness (QED) is 0.320. The van der Waals surface area contributed by atoms with Crippen molar-refractivity contribution in [3.63, 3.8) is 0 Å². The Hall–Kier alpha value is -3.85. The second-order valence-electron chi connectivity index (χ2n) is 9.75. The molecule has 0 radical (unpaired) electrons. The number of nitrogens with zero attached hydrogens (tertiary/aromatic N) is 2. The van der Waals surface area contributed by atoms with Crippen LogP contribution in [-0.4, -0.2) is 51.4 Å². The van der Waals surface area contributed by atoms with Gasteiger partial charge in [0.15, 0.2) is 0 Å². The molecule has 0 spiro atoms. The van der Waals surface area contributed by atoms with Crippen LogP contribution in [0.15, 0.2) is 77.7 Å². The van der Waals surface area contributed by atoms with E-state index < -0.39 is 28.5 Å². The molecule has 1 N–H and O–H groups in total. The molecule has 3 aromatic rings. The van der Waals surface area contributed by atoms with Crippen LogP contribution in [0.2, 0.25) is 0 Å². The van der Waals surface area contributed by atoms with Crippen molar-refractivity contribution in [2.24, 2.45) is 0 Å². The standard InChI is InChI=1S/C31H39N3O5S/c1-6-20-32-31(36)29(7-2)33(21-25-12-8-23(3)9-13-25)30(35)22-34(26-14-10-24(4)11-15-26)40(37,38)28-18-16-27(39-5)17-19-28/h8-19,29H,6-7,20-22H2,1-5H3,(H,32,36)/t29-/m0/s1. The van der Waals surface area contributed by atoms with E-state index in [9.17, 15) is 18.0 Å². The van der Waals surface area contributed by atoms with Crippen LogP contribution in [0, 0.1) is 13.8 Å². The first-order valence-electron chi connectivity index (χ1n) is 13.5. The maximum atomic E-state index is 14.0. The van der Waals surface area contributed by atoms with Gasteiger partial charge >= 0.3 is 0 Å². The number of hydrogen-bond acceptors (Lipinski definition) is 5. The highest BCUT2D eigenvalue weighted by molar-refractivity contribution is 7.92. The van der Waals surface area contributed by atoms with Crippen LogP contribution >= 0.6 is 0 Å². The largest absolute Gasteiger partial charge is 0.497 e. The number of nitrogens with one attached hydrogen (secondary N) is 1. The molecule has 3 rings (SSSR count). The van der Waals surface area contributed by atoms with E-state index in [1.54, 1.807) is 36.4 Å². The zero-order chi connectivity index (χ0) is 29.3. The van der Waals surface area contributed by atoms with Gasteiger partial charge in [-0.1, -0.05) is 61.4 Å². The number of amides is 2. The Morgan fingerprint density at radius 3 is 1.98 bits per heavy atom. The normalized spacial score (nSPS) is 11.9. The lowest BCUT2D eigenvalue weighted by Crippen LogP contribution is -2.52. The van der Waals surface area contributed by atoms with E-state index in [4.69, 9.17) is 4.74 Å². The van der Waals surface area contributed by atoms with Crippen molar-refractivity contribution >= 4 is 27.5 Å². The van der Waals surface area contributed by atoms with Gasteiger partial charge in [0.25, 0.3) is 10.0 Å². The zero-order valence-corrected chi connectivity index (χ0v) is 24.7. The van der Waals surface area contributed by atoms with Crippen molar-refractivity contribution in [2.75, 3.05) is 24.5 Å². The van der Waals surface area contributed by atoms with Crippen LogP contribution in [0.1, 0.15) is 43.4 Å². The summed E-state index contributed by atoms with van der Waals surface area (Å²) in [7, 11) is -2.63. The summed E-state index contributed by atoms with van der Waals surface area (Å²) in [4.78, 5) is 28.7. The lowest BCUT2D eigenvalue weighted by molar-refractivity contribution is -0.140. The molecule has 0 unspecified atom stereocenters. The van der Waals surface area contributed by atoms with E-state index in [0.717, 1.165) is 27.4 Å². The smallest absolute Gasteiger partial charge is 0.264 e. The topological polar surface area (TPSA) is 96.0 Å². The molecule has 1 atom stereocenters. The van der Waals surface area contributed by atoms with Crippen LogP contribution in [0.4, 0.5) is 5.69 Å². The van der Waals surface area contributed by atoms with Gasteiger partial charge in [0.1, 0.15) is 18.3 Å². The molecular weight excluding hydrogens is 526 g/mol. The summed E-state index contributed by atoms with van der Waals surface area (Å²) in [5, 5.41) is 2.90. The maximum Gasteiger partial charge on any atom is 0.264 e. The van der Waals surface area contributed by atoms with Gasteiger partial charge in [-0.15, -0.1) is 0 Å². The van der Waals surface area contributed by atoms with Crippen molar-refractivity contribution in [1.29, 1.82) is 0 Å². The maximum absolute atomic E-state index is 14.0. The van der Waals surface area contributed by atoms with Gasteiger partial charge in [0, 0.05) is 13.1 Å². The van der Waals surface area contributed by atoms with Crippen LogP contribution in [0.25, 0.3) is 0 Å². The van der Waals surface area contributed by atoms with Gasteiger partial charge in [0.2, 0.25) is 11.8 Å². The lowest BCUT2D eigenvalue weighted by atomic mass is 10.1. The highest BCUT2D eigenvalue weighted by Gasteiger charge is 2.33. The summed E-state index contributed by atoms with van der Waals surface area (Å²) in [5.74, 6) is -0.216. The van der Waals surface area contributed by atoms with Gasteiger partial charge in [-0.05, 0) is 68.7 Å². The number of benzene rings is 3. The SMILES string of the molecule is CCCNC(=O)[C@H](CC)N(Cc1ccc(C)cc1)C(=O)CN(c1ccc(C)cc1)S(=O)(=O)c1ccc(OC)cc1. The second-order valence-corrected chi connectivity index (χ2v) is 11.6. The Morgan fingerprint density at radius 2 is 1.45 bits per heavy atom. The highest BCUT2D eigenvalue weighted by atomic mass is 32.2. The zero-order valence-electron chi connectivity index (χ0n) is 23.9. The molecule has 0 heterocycles. The number of hydrogen-bond donors (Lipinski definition) is 1. The molecule has 0 saturated heterocycles. The van der Waals surface area contributed by atoms with Gasteiger partial charge in [-0.2, -0.15) is 0 Å². The van der Waals surface area contributed by atoms with Gasteiger partial charge in [-0.3, -0.25) is 13.9 Å². The fraction of sp³-hybridized carbons (Fsp3) is 0.355. The minimum Gasteiger partial charge on any atom is -0.497 e. The molecule has 0 aliphatic heterocycles. The van der Waals surface area contributed by atoms with E-state index in [0.29, 0.717) is 24.4 Å². The number of anilines is 1. The summed E-state index contributed by atoms with van der Waals surface area (Å²) >= 11 is 0. The van der Waals surface area contributed by atoms with E-state index in [1.165, 1.54) is 24.1 Å². The van der Waals surface area contributed by atoms with Crippen molar-refractivity contribution in [1.82, 2.24) is 10.2 Å². The summed E-state index contributed by atoms with van der Waals surface area (Å²) < 4.78 is 34.1. The predicted molar refractivity (Wildman–Crippen MR) is 158 cm³/mol. The van der Waals surface area contributed by atoms with E-state index in [2.05, 4.69) is 5.32 Å². The monoisotopic (exact) mass is 565 g/mol. The second kappa shape index (κ2) is 14.0. The summed E-state index contributed by atoms with van der Waals surface area (Å²) in [6.45, 7) is 7.87. The number of rotatable bonds is 13. The van der Waals surface area contributed by atoms with Gasteiger partial charge in [0.05, 0.1) is 17.7 Å². The van der Waals surface area contributed by atoms with Gasteiger partial charge in [-0.25, -0.2) is 8.42 Å². The molecule has 0 fully saturated rings. The number of ether oxygens (including phenoxy) is 1. The molecule has 40 heavy (non-hydrogen) atoms. The number of aryl methyl sites for hydroxylation is 2. The number of methoxy groups -OCH3 is 1. The molecule has 0 aliphatic carbocycles. The fourth-order valence-corrected chi connectivity index (χ4v) is 5.70. The summed E-state index contributed by atoms with van der Waals surface area (Å²) in [5.41, 5.74) is 3.23. The Balaban J connectivity index is 2.04. The fourth-order valence-electron chi connectivity index (χ4n) is 4.29. The minimum absolute atomic E-state index is 0.0273. The Bertz CT molecular complexity index is 1370. The first kappa shape index (κ1) is 30.7. The van der Waals surface area contributed by atoms with Crippen LogP contribution in [0.3, 0.4) is 0 Å². The average Bonchev–Trinajstić information content (AvgIpc) is 2.96. The van der Waals surface area contributed by atoms with Gasteiger partial charge < -0.3 is 15.0 Å². The van der Waals surface area contributed by atoms with E-state index >= 15 is 0 Å². The molecule has 0 bridgehead atoms. The molecule has 0 aromatic heterocycles. The molecule has 8 nitrogen and oxygen atoms in total. The molecule has 0 aliphatic rings. The molecule has 0 saturated carbocycles. The molecular formula is C31H39N3O5S. The Morgan fingerprint density at radius 1 is 0.875 bits per heavy atom. The highest BCUT2D eigenvalue weighted by Crippen LogP contribution is 2.26. The third-order valence-corrected chi connectivity index (χ3v) is 8.45. The average molecular weight is 566 g/mol. The molecule has 3 aromatic carbocycles. The molecule has 2 amide bonds. The van der Waals surface area contributed by atoms with Crippen LogP contribution in [-0.2, 0) is 26.2 Å². The van der Waals surface area contributed by atoms with E-state index in [1.807, 2.05) is 52.0 Å². The molecule has 9 heteroatoms. The minimum atomic E-state index is -4.14. The van der Waals surface area contributed by atoms with Crippen molar-refractivity contribution in [3.05, 3.63) is 89.5 Å². The lowest BCUT2D eigenvalue weighted by Gasteiger charge is -2.33. The van der Waals surface area contributed by atoms with Crippen LogP contribution < -0.4 is 14.4 Å².